The molecule has 2 heterocycles. The van der Waals surface area contributed by atoms with Gasteiger partial charge in [-0.3, -0.25) is 9.59 Å². The van der Waals surface area contributed by atoms with Crippen LogP contribution in [0.5, 0.6) is 0 Å². The molecule has 0 spiro atoms. The van der Waals surface area contributed by atoms with E-state index in [0.717, 1.165) is 12.8 Å². The zero-order chi connectivity index (χ0) is 26.5. The van der Waals surface area contributed by atoms with Gasteiger partial charge in [-0.1, -0.05) is 65.3 Å². The number of nitrogens with one attached hydrogen (secondary N) is 1. The second kappa shape index (κ2) is 11.7. The summed E-state index contributed by atoms with van der Waals surface area (Å²) in [7, 11) is 0. The van der Waals surface area contributed by atoms with Gasteiger partial charge in [0.1, 0.15) is 23.9 Å². The molecule has 0 saturated carbocycles. The molecule has 0 bridgehead atoms. The van der Waals surface area contributed by atoms with Crippen LogP contribution in [-0.4, -0.2) is 51.0 Å². The first-order chi connectivity index (χ1) is 18.5. The number of hydrogen-bond donors (Lipinski definition) is 1. The van der Waals surface area contributed by atoms with Crippen molar-refractivity contribution in [2.24, 2.45) is 0 Å². The molecule has 1 fully saturated rings. The van der Waals surface area contributed by atoms with Crippen molar-refractivity contribution in [2.75, 3.05) is 13.2 Å². The van der Waals surface area contributed by atoms with Gasteiger partial charge in [0.15, 0.2) is 0 Å². The molecule has 2 atom stereocenters. The Hall–Kier alpha value is -3.82. The highest BCUT2D eigenvalue weighted by Crippen LogP contribution is 2.29. The molecular weight excluding hydrogens is 509 g/mol. The largest absolute Gasteiger partial charge is 0.376 e. The first kappa shape index (κ1) is 25.8. The van der Waals surface area contributed by atoms with Crippen molar-refractivity contribution in [3.05, 3.63) is 94.8 Å². The number of hydrogen-bond acceptors (Lipinski definition) is 5. The van der Waals surface area contributed by atoms with Crippen molar-refractivity contribution in [2.45, 2.75) is 38.1 Å². The first-order valence-corrected chi connectivity index (χ1v) is 12.8. The van der Waals surface area contributed by atoms with Crippen molar-refractivity contribution in [1.82, 2.24) is 25.2 Å². The zero-order valence-corrected chi connectivity index (χ0v) is 21.4. The molecule has 0 aliphatic carbocycles. The minimum atomic E-state index is -1.25. The number of fused-ring (bicyclic) bond motifs is 1. The maximum Gasteiger partial charge on any atom is 0.247 e. The number of carbonyl (C=O) groups excluding carboxylic acids is 2. The van der Waals surface area contributed by atoms with Gasteiger partial charge in [-0.2, -0.15) is 0 Å². The lowest BCUT2D eigenvalue weighted by atomic mass is 10.0. The van der Waals surface area contributed by atoms with E-state index in [4.69, 9.17) is 16.3 Å². The van der Waals surface area contributed by atoms with Crippen LogP contribution in [-0.2, 0) is 27.4 Å². The average molecular weight is 536 g/mol. The summed E-state index contributed by atoms with van der Waals surface area (Å²) >= 11 is 6.45. The van der Waals surface area contributed by atoms with E-state index >= 15 is 4.39 Å². The van der Waals surface area contributed by atoms with E-state index in [1.54, 1.807) is 42.5 Å². The normalized spacial score (nSPS) is 15.9. The van der Waals surface area contributed by atoms with Gasteiger partial charge in [0.05, 0.1) is 11.6 Å². The maximum atomic E-state index is 15.2. The number of benzene rings is 3. The predicted molar refractivity (Wildman–Crippen MR) is 141 cm³/mol. The summed E-state index contributed by atoms with van der Waals surface area (Å²) in [6.07, 6.45) is 1.63. The van der Waals surface area contributed by atoms with E-state index < -0.39 is 23.7 Å². The highest BCUT2D eigenvalue weighted by molar-refractivity contribution is 6.31. The number of ether oxygens (including phenoxy) is 1. The van der Waals surface area contributed by atoms with Crippen molar-refractivity contribution in [3.63, 3.8) is 0 Å². The number of para-hydroxylation sites is 1. The van der Waals surface area contributed by atoms with Crippen LogP contribution in [0.2, 0.25) is 5.02 Å². The molecule has 1 aliphatic rings. The highest BCUT2D eigenvalue weighted by Gasteiger charge is 2.34. The third-order valence-corrected chi connectivity index (χ3v) is 6.98. The van der Waals surface area contributed by atoms with Crippen LogP contribution < -0.4 is 5.32 Å². The fourth-order valence-electron chi connectivity index (χ4n) is 4.65. The molecule has 38 heavy (non-hydrogen) atoms. The molecule has 1 N–H and O–H groups in total. The molecule has 3 aromatic carbocycles. The molecule has 4 aromatic rings. The summed E-state index contributed by atoms with van der Waals surface area (Å²) in [5, 5.41) is 11.6. The van der Waals surface area contributed by atoms with Gasteiger partial charge in [-0.25, -0.2) is 9.07 Å². The van der Waals surface area contributed by atoms with Crippen LogP contribution in [0.15, 0.2) is 72.8 Å². The van der Waals surface area contributed by atoms with Crippen molar-refractivity contribution < 1.29 is 18.7 Å². The summed E-state index contributed by atoms with van der Waals surface area (Å²) in [5.41, 5.74) is 2.02. The van der Waals surface area contributed by atoms with Crippen LogP contribution in [0.25, 0.3) is 11.0 Å². The van der Waals surface area contributed by atoms with Crippen molar-refractivity contribution >= 4 is 34.4 Å². The summed E-state index contributed by atoms with van der Waals surface area (Å²) < 4.78 is 22.3. The predicted octanol–water partition coefficient (Wildman–Crippen LogP) is 4.29. The second-order valence-electron chi connectivity index (χ2n) is 9.15. The van der Waals surface area contributed by atoms with E-state index in [1.807, 2.05) is 18.2 Å². The molecule has 196 valence electrons. The first-order valence-electron chi connectivity index (χ1n) is 12.5. The number of carbonyl (C=O) groups is 2. The lowest BCUT2D eigenvalue weighted by Gasteiger charge is -2.32. The molecule has 1 aliphatic heterocycles. The average Bonchev–Trinajstić information content (AvgIpc) is 3.59. The third-order valence-electron chi connectivity index (χ3n) is 6.61. The van der Waals surface area contributed by atoms with E-state index in [1.165, 1.54) is 21.7 Å². The number of amides is 2. The Morgan fingerprint density at radius 2 is 1.87 bits per heavy atom. The molecule has 1 saturated heterocycles. The fraction of sp³-hybridized carbons (Fsp3) is 0.286. The van der Waals surface area contributed by atoms with Crippen LogP contribution in [0, 0.1) is 5.82 Å². The fourth-order valence-corrected chi connectivity index (χ4v) is 4.85. The van der Waals surface area contributed by atoms with Crippen LogP contribution in [0.3, 0.4) is 0 Å². The molecule has 10 heteroatoms. The lowest BCUT2D eigenvalue weighted by Crippen LogP contribution is -2.46. The van der Waals surface area contributed by atoms with Gasteiger partial charge in [0.25, 0.3) is 0 Å². The molecule has 0 unspecified atom stereocenters. The van der Waals surface area contributed by atoms with E-state index in [2.05, 4.69) is 15.6 Å². The number of rotatable bonds is 9. The van der Waals surface area contributed by atoms with Gasteiger partial charge in [0, 0.05) is 30.3 Å². The van der Waals surface area contributed by atoms with E-state index in [9.17, 15) is 9.59 Å². The Labute approximate surface area is 224 Å². The van der Waals surface area contributed by atoms with Gasteiger partial charge in [0.2, 0.25) is 11.8 Å². The van der Waals surface area contributed by atoms with Crippen LogP contribution in [0.4, 0.5) is 4.39 Å². The topological polar surface area (TPSA) is 89.4 Å². The Kier molecular flexibility index (Phi) is 7.95. The monoisotopic (exact) mass is 535 g/mol. The standard InChI is InChI=1S/C28H27ClFN5O3/c29-22-11-3-1-8-19(22)17-34(26(36)18-35-25-14-6-5-13-24(25)32-33-35)27(21-10-2-4-12-23(21)30)28(37)31-16-20-9-7-15-38-20/h1-6,8,10-14,20,27H,7,9,15-18H2,(H,31,37)/t20-,27-/m0/s1. The molecule has 5 rings (SSSR count). The number of aromatic nitrogens is 3. The number of nitrogens with zero attached hydrogens (tertiary/aromatic N) is 4. The van der Waals surface area contributed by atoms with Gasteiger partial charge in [-0.05, 0) is 42.7 Å². The second-order valence-corrected chi connectivity index (χ2v) is 9.56. The highest BCUT2D eigenvalue weighted by atomic mass is 35.5. The molecule has 0 radical (unpaired) electrons. The minimum Gasteiger partial charge on any atom is -0.376 e. The van der Waals surface area contributed by atoms with Gasteiger partial charge in [-0.15, -0.1) is 5.10 Å². The van der Waals surface area contributed by atoms with E-state index in [-0.39, 0.29) is 31.3 Å². The van der Waals surface area contributed by atoms with Crippen molar-refractivity contribution in [1.29, 1.82) is 0 Å². The summed E-state index contributed by atoms with van der Waals surface area (Å²) in [5.74, 6) is -1.54. The molecule has 8 nitrogen and oxygen atoms in total. The minimum absolute atomic E-state index is 0.0164. The summed E-state index contributed by atoms with van der Waals surface area (Å²) in [6.45, 7) is 0.693. The molecular formula is C28H27ClFN5O3. The zero-order valence-electron chi connectivity index (χ0n) is 20.6. The summed E-state index contributed by atoms with van der Waals surface area (Å²) in [4.78, 5) is 29.0. The Bertz CT molecular complexity index is 1440. The lowest BCUT2D eigenvalue weighted by molar-refractivity contribution is -0.142. The van der Waals surface area contributed by atoms with Gasteiger partial charge >= 0.3 is 0 Å². The SMILES string of the molecule is O=C(NC[C@@H]1CCCO1)[C@H](c1ccccc1F)N(Cc1ccccc1Cl)C(=O)Cn1nnc2ccccc21. The Morgan fingerprint density at radius 1 is 1.11 bits per heavy atom. The van der Waals surface area contributed by atoms with Crippen molar-refractivity contribution in [3.8, 4) is 0 Å². The Morgan fingerprint density at radius 3 is 2.66 bits per heavy atom. The van der Waals surface area contributed by atoms with Crippen LogP contribution in [0.1, 0.15) is 30.0 Å². The number of halogens is 2. The molecule has 1 aromatic heterocycles. The van der Waals surface area contributed by atoms with Gasteiger partial charge < -0.3 is 15.0 Å². The third kappa shape index (κ3) is 5.69. The Balaban J connectivity index is 1.52. The maximum absolute atomic E-state index is 15.2. The summed E-state index contributed by atoms with van der Waals surface area (Å²) in [6, 6.07) is 19.1. The quantitative estimate of drug-likeness (QED) is 0.345. The smallest absolute Gasteiger partial charge is 0.247 e. The molecule has 2 amide bonds. The van der Waals surface area contributed by atoms with Crippen LogP contribution >= 0.6 is 11.6 Å². The van der Waals surface area contributed by atoms with E-state index in [0.29, 0.717) is 28.2 Å².